The van der Waals surface area contributed by atoms with E-state index in [0.717, 1.165) is 12.1 Å². The largest absolute Gasteiger partial charge is 0.288 e. The molecule has 0 N–H and O–H groups in total. The SMILES string of the molecule is N#CCN1CCN(S(=O)(=O)c2ccc(F)c(F)c2)CC1. The monoisotopic (exact) mass is 301 g/mol. The maximum atomic E-state index is 13.1. The molecule has 1 aromatic rings. The summed E-state index contributed by atoms with van der Waals surface area (Å²) >= 11 is 0. The summed E-state index contributed by atoms with van der Waals surface area (Å²) in [5.74, 6) is -2.27. The fourth-order valence-corrected chi connectivity index (χ4v) is 3.45. The van der Waals surface area contributed by atoms with E-state index in [0.29, 0.717) is 19.2 Å². The third-order valence-electron chi connectivity index (χ3n) is 3.15. The van der Waals surface area contributed by atoms with Gasteiger partial charge in [0, 0.05) is 26.2 Å². The summed E-state index contributed by atoms with van der Waals surface area (Å²) in [6, 6.07) is 4.54. The summed E-state index contributed by atoms with van der Waals surface area (Å²) in [6.45, 7) is 1.58. The first-order chi connectivity index (χ1) is 9.45. The fourth-order valence-electron chi connectivity index (χ4n) is 2.01. The number of sulfonamides is 1. The van der Waals surface area contributed by atoms with Crippen molar-refractivity contribution in [3.8, 4) is 6.07 Å². The smallest absolute Gasteiger partial charge is 0.243 e. The lowest BCUT2D eigenvalue weighted by Gasteiger charge is -2.32. The van der Waals surface area contributed by atoms with Crippen LogP contribution in [0.3, 0.4) is 0 Å². The Morgan fingerprint density at radius 3 is 2.35 bits per heavy atom. The molecule has 1 fully saturated rings. The number of rotatable bonds is 3. The number of hydrogen-bond acceptors (Lipinski definition) is 4. The quantitative estimate of drug-likeness (QED) is 0.775. The second-order valence-corrected chi connectivity index (χ2v) is 6.35. The van der Waals surface area contributed by atoms with E-state index < -0.39 is 21.7 Å². The number of halogens is 2. The van der Waals surface area contributed by atoms with Gasteiger partial charge < -0.3 is 0 Å². The van der Waals surface area contributed by atoms with Crippen molar-refractivity contribution in [1.29, 1.82) is 5.26 Å². The van der Waals surface area contributed by atoms with Crippen LogP contribution in [-0.4, -0.2) is 50.3 Å². The Morgan fingerprint density at radius 2 is 1.80 bits per heavy atom. The lowest BCUT2D eigenvalue weighted by molar-refractivity contribution is 0.206. The van der Waals surface area contributed by atoms with E-state index >= 15 is 0 Å². The van der Waals surface area contributed by atoms with E-state index in [4.69, 9.17) is 5.26 Å². The predicted molar refractivity (Wildman–Crippen MR) is 67.2 cm³/mol. The first kappa shape index (κ1) is 14.8. The molecule has 1 aliphatic heterocycles. The van der Waals surface area contributed by atoms with Crippen molar-refractivity contribution >= 4 is 10.0 Å². The van der Waals surface area contributed by atoms with E-state index in [-0.39, 0.29) is 24.5 Å². The van der Waals surface area contributed by atoms with E-state index in [2.05, 4.69) is 0 Å². The molecule has 0 saturated carbocycles. The van der Waals surface area contributed by atoms with Gasteiger partial charge in [-0.2, -0.15) is 9.57 Å². The highest BCUT2D eigenvalue weighted by Crippen LogP contribution is 2.19. The summed E-state index contributed by atoms with van der Waals surface area (Å²) in [6.07, 6.45) is 0. The molecule has 0 amide bonds. The molecule has 0 bridgehead atoms. The fraction of sp³-hybridized carbons (Fsp3) is 0.417. The Morgan fingerprint density at radius 1 is 1.15 bits per heavy atom. The molecule has 0 aliphatic carbocycles. The van der Waals surface area contributed by atoms with Gasteiger partial charge in [0.1, 0.15) is 0 Å². The lowest BCUT2D eigenvalue weighted by Crippen LogP contribution is -2.48. The molecule has 5 nitrogen and oxygen atoms in total. The number of hydrogen-bond donors (Lipinski definition) is 0. The highest BCUT2D eigenvalue weighted by Gasteiger charge is 2.28. The zero-order chi connectivity index (χ0) is 14.8. The van der Waals surface area contributed by atoms with Crippen LogP contribution in [0.2, 0.25) is 0 Å². The van der Waals surface area contributed by atoms with Crippen molar-refractivity contribution in [2.45, 2.75) is 4.90 Å². The topological polar surface area (TPSA) is 64.4 Å². The summed E-state index contributed by atoms with van der Waals surface area (Å²) < 4.78 is 51.7. The van der Waals surface area contributed by atoms with Gasteiger partial charge in [-0.05, 0) is 18.2 Å². The normalized spacial score (nSPS) is 17.9. The van der Waals surface area contributed by atoms with Crippen molar-refractivity contribution < 1.29 is 17.2 Å². The van der Waals surface area contributed by atoms with Gasteiger partial charge in [0.05, 0.1) is 17.5 Å². The average Bonchev–Trinajstić information content (AvgIpc) is 2.43. The van der Waals surface area contributed by atoms with Crippen LogP contribution in [0, 0.1) is 23.0 Å². The second kappa shape index (κ2) is 5.83. The summed E-state index contributed by atoms with van der Waals surface area (Å²) in [4.78, 5) is 1.57. The summed E-state index contributed by atoms with van der Waals surface area (Å²) in [5, 5.41) is 8.58. The molecule has 1 saturated heterocycles. The number of nitrogens with zero attached hydrogens (tertiary/aromatic N) is 3. The van der Waals surface area contributed by atoms with E-state index in [1.54, 1.807) is 0 Å². The minimum atomic E-state index is -3.82. The lowest BCUT2D eigenvalue weighted by atomic mass is 10.3. The molecule has 2 rings (SSSR count). The Hall–Kier alpha value is -1.56. The third-order valence-corrected chi connectivity index (χ3v) is 5.05. The molecule has 1 aliphatic rings. The molecule has 1 heterocycles. The van der Waals surface area contributed by atoms with Crippen LogP contribution in [0.25, 0.3) is 0 Å². The number of nitriles is 1. The number of benzene rings is 1. The van der Waals surface area contributed by atoms with Crippen molar-refractivity contribution in [3.05, 3.63) is 29.8 Å². The number of piperazine rings is 1. The third kappa shape index (κ3) is 2.95. The maximum Gasteiger partial charge on any atom is 0.243 e. The van der Waals surface area contributed by atoms with Gasteiger partial charge in [-0.1, -0.05) is 0 Å². The van der Waals surface area contributed by atoms with E-state index in [1.807, 2.05) is 11.0 Å². The van der Waals surface area contributed by atoms with Crippen molar-refractivity contribution in [2.75, 3.05) is 32.7 Å². The van der Waals surface area contributed by atoms with Crippen molar-refractivity contribution in [1.82, 2.24) is 9.21 Å². The van der Waals surface area contributed by atoms with Crippen molar-refractivity contribution in [3.63, 3.8) is 0 Å². The molecule has 0 unspecified atom stereocenters. The van der Waals surface area contributed by atoms with Crippen LogP contribution < -0.4 is 0 Å². The molecule has 108 valence electrons. The standard InChI is InChI=1S/C12H13F2N3O2S/c13-11-2-1-10(9-12(11)14)20(18,19)17-7-5-16(4-3-15)6-8-17/h1-2,9H,4-8H2. The first-order valence-corrected chi connectivity index (χ1v) is 7.43. The van der Waals surface area contributed by atoms with E-state index in [9.17, 15) is 17.2 Å². The van der Waals surface area contributed by atoms with Crippen LogP contribution in [0.4, 0.5) is 8.78 Å². The zero-order valence-electron chi connectivity index (χ0n) is 10.6. The van der Waals surface area contributed by atoms with Gasteiger partial charge in [0.15, 0.2) is 11.6 Å². The van der Waals surface area contributed by atoms with Gasteiger partial charge in [-0.25, -0.2) is 17.2 Å². The molecule has 1 aromatic carbocycles. The van der Waals surface area contributed by atoms with Crippen LogP contribution >= 0.6 is 0 Å². The molecular formula is C12H13F2N3O2S. The van der Waals surface area contributed by atoms with Gasteiger partial charge in [0.2, 0.25) is 10.0 Å². The van der Waals surface area contributed by atoms with Crippen LogP contribution in [-0.2, 0) is 10.0 Å². The highest BCUT2D eigenvalue weighted by atomic mass is 32.2. The summed E-state index contributed by atoms with van der Waals surface area (Å²) in [5.41, 5.74) is 0. The summed E-state index contributed by atoms with van der Waals surface area (Å²) in [7, 11) is -3.82. The Kier molecular flexibility index (Phi) is 4.32. The van der Waals surface area contributed by atoms with Gasteiger partial charge in [0.25, 0.3) is 0 Å². The molecule has 20 heavy (non-hydrogen) atoms. The van der Waals surface area contributed by atoms with Gasteiger partial charge >= 0.3 is 0 Å². The zero-order valence-corrected chi connectivity index (χ0v) is 11.4. The molecule has 0 radical (unpaired) electrons. The van der Waals surface area contributed by atoms with Gasteiger partial charge in [-0.3, -0.25) is 4.90 Å². The van der Waals surface area contributed by atoms with Crippen LogP contribution in [0.5, 0.6) is 0 Å². The highest BCUT2D eigenvalue weighted by molar-refractivity contribution is 7.89. The molecule has 0 aromatic heterocycles. The van der Waals surface area contributed by atoms with Crippen LogP contribution in [0.1, 0.15) is 0 Å². The minimum Gasteiger partial charge on any atom is -0.288 e. The van der Waals surface area contributed by atoms with E-state index in [1.165, 1.54) is 4.31 Å². The first-order valence-electron chi connectivity index (χ1n) is 5.99. The minimum absolute atomic E-state index is 0.225. The Bertz CT molecular complexity index is 635. The average molecular weight is 301 g/mol. The molecule has 0 atom stereocenters. The molecule has 0 spiro atoms. The Balaban J connectivity index is 2.16. The predicted octanol–water partition coefficient (Wildman–Crippen LogP) is 0.795. The van der Waals surface area contributed by atoms with Crippen LogP contribution in [0.15, 0.2) is 23.1 Å². The molecular weight excluding hydrogens is 288 g/mol. The van der Waals surface area contributed by atoms with Gasteiger partial charge in [-0.15, -0.1) is 0 Å². The maximum absolute atomic E-state index is 13.1. The Labute approximate surface area is 116 Å². The second-order valence-electron chi connectivity index (χ2n) is 4.41. The van der Waals surface area contributed by atoms with Crippen molar-refractivity contribution in [2.24, 2.45) is 0 Å². The molecule has 8 heteroatoms.